The van der Waals surface area contributed by atoms with Gasteiger partial charge in [0.25, 0.3) is 0 Å². The van der Waals surface area contributed by atoms with Gasteiger partial charge in [-0.05, 0) is 0 Å². The molecule has 7 rings (SSSR count). The van der Waals surface area contributed by atoms with Gasteiger partial charge in [-0.1, -0.05) is 0 Å². The summed E-state index contributed by atoms with van der Waals surface area (Å²) in [6.45, 7) is 18.9. The Balaban J connectivity index is 0.00000184. The summed E-state index contributed by atoms with van der Waals surface area (Å²) >= 11 is -2.74. The van der Waals surface area contributed by atoms with Crippen molar-refractivity contribution >= 4 is 12.2 Å². The van der Waals surface area contributed by atoms with Gasteiger partial charge in [-0.3, -0.25) is 0 Å². The maximum absolute atomic E-state index is 2.74. The molecule has 1 fully saturated rings. The van der Waals surface area contributed by atoms with Crippen molar-refractivity contribution < 1.29 is 45.1 Å². The van der Waals surface area contributed by atoms with E-state index in [2.05, 4.69) is 128 Å². The maximum atomic E-state index is 2.59. The third-order valence-electron chi connectivity index (χ3n) is 10.7. The minimum atomic E-state index is -2.74. The van der Waals surface area contributed by atoms with Gasteiger partial charge in [0.05, 0.1) is 0 Å². The maximum Gasteiger partial charge on any atom is -1.00 e. The number of allylic oxidation sites excluding steroid dienone is 2. The van der Waals surface area contributed by atoms with E-state index in [-0.39, 0.29) is 24.8 Å². The first-order valence-electron chi connectivity index (χ1n) is 15.4. The summed E-state index contributed by atoms with van der Waals surface area (Å²) in [6.07, 6.45) is 5.19. The molecule has 2 aliphatic carbocycles. The van der Waals surface area contributed by atoms with Gasteiger partial charge in [-0.15, -0.1) is 0 Å². The van der Waals surface area contributed by atoms with E-state index >= 15 is 0 Å². The van der Waals surface area contributed by atoms with Gasteiger partial charge in [0.15, 0.2) is 0 Å². The molecule has 0 bridgehead atoms. The van der Waals surface area contributed by atoms with Gasteiger partial charge in [-0.25, -0.2) is 0 Å². The Morgan fingerprint density at radius 2 is 0.930 bits per heavy atom. The van der Waals surface area contributed by atoms with Gasteiger partial charge in [0.1, 0.15) is 0 Å². The molecule has 0 amide bonds. The Hall–Kier alpha value is -2.18. The fourth-order valence-corrected chi connectivity index (χ4v) is 26.6. The molecule has 1 heterocycles. The van der Waals surface area contributed by atoms with Crippen LogP contribution in [0.25, 0.3) is 34.4 Å². The first-order valence-corrected chi connectivity index (χ1v) is 21.7. The van der Waals surface area contributed by atoms with Crippen LogP contribution in [0.15, 0.2) is 71.8 Å². The number of rotatable bonds is 4. The smallest absolute Gasteiger partial charge is 1.00 e. The van der Waals surface area contributed by atoms with Crippen molar-refractivity contribution in [1.82, 2.24) is 0 Å². The zero-order valence-corrected chi connectivity index (χ0v) is 30.7. The predicted octanol–water partition coefficient (Wildman–Crippen LogP) is 5.50. The quantitative estimate of drug-likeness (QED) is 0.267. The van der Waals surface area contributed by atoms with E-state index < -0.39 is 20.3 Å². The summed E-state index contributed by atoms with van der Waals surface area (Å²) in [7, 11) is 0. The Kier molecular flexibility index (Phi) is 8.72. The second-order valence-electron chi connectivity index (χ2n) is 13.5. The first-order chi connectivity index (χ1) is 19.6. The molecule has 3 aliphatic rings. The molecule has 0 spiro atoms. The van der Waals surface area contributed by atoms with Crippen molar-refractivity contribution in [3.63, 3.8) is 0 Å². The molecule has 3 heteroatoms. The van der Waals surface area contributed by atoms with Crippen LogP contribution in [0.5, 0.6) is 0 Å². The molecular formula is C40H42Cl2Zr. The zero-order valence-electron chi connectivity index (χ0n) is 26.8. The van der Waals surface area contributed by atoms with Gasteiger partial charge >= 0.3 is 253 Å². The van der Waals surface area contributed by atoms with E-state index in [0.29, 0.717) is 7.25 Å². The third kappa shape index (κ3) is 4.99. The summed E-state index contributed by atoms with van der Waals surface area (Å²) in [4.78, 5) is 0. The normalized spacial score (nSPS) is 18.3. The molecule has 43 heavy (non-hydrogen) atoms. The molecule has 2 atom stereocenters. The predicted molar refractivity (Wildman–Crippen MR) is 175 cm³/mol. The van der Waals surface area contributed by atoms with Crippen LogP contribution in [0.4, 0.5) is 0 Å². The SMILES string of the molecule is CC1=Cc2c(-c3cccc(C)c3)cc(C)c(C)c2[CH]1[Zr+2]1([CH]2C(C)=Cc3c(-c4cccc(C)c4)cc(C)c(C)c32)[CH2][CH2]1.[Cl-].[Cl-]. The van der Waals surface area contributed by atoms with E-state index in [1.165, 1.54) is 63.9 Å². The fourth-order valence-electron chi connectivity index (χ4n) is 8.53. The number of hydrogen-bond acceptors (Lipinski definition) is 0. The van der Waals surface area contributed by atoms with Crippen molar-refractivity contribution in [2.45, 2.75) is 70.9 Å². The van der Waals surface area contributed by atoms with Crippen molar-refractivity contribution in [3.8, 4) is 22.3 Å². The van der Waals surface area contributed by atoms with E-state index in [0.717, 1.165) is 0 Å². The molecule has 0 radical (unpaired) electrons. The van der Waals surface area contributed by atoms with E-state index in [1.807, 2.05) is 0 Å². The van der Waals surface area contributed by atoms with Gasteiger partial charge < -0.3 is 24.8 Å². The van der Waals surface area contributed by atoms with Gasteiger partial charge in [-0.2, -0.15) is 0 Å². The zero-order chi connectivity index (χ0) is 28.8. The molecule has 0 N–H and O–H groups in total. The average molecular weight is 685 g/mol. The number of halogens is 2. The van der Waals surface area contributed by atoms with Crippen LogP contribution < -0.4 is 24.8 Å². The second kappa shape index (κ2) is 11.6. The van der Waals surface area contributed by atoms with Crippen LogP contribution in [0.1, 0.15) is 76.7 Å². The monoisotopic (exact) mass is 682 g/mol. The Bertz CT molecular complexity index is 1710. The average Bonchev–Trinajstić information content (AvgIpc) is 3.52. The molecule has 1 saturated heterocycles. The molecule has 1 aliphatic heterocycles. The van der Waals surface area contributed by atoms with Crippen molar-refractivity contribution in [1.29, 1.82) is 0 Å². The van der Waals surface area contributed by atoms with Crippen molar-refractivity contribution in [2.75, 3.05) is 0 Å². The van der Waals surface area contributed by atoms with Gasteiger partial charge in [0, 0.05) is 0 Å². The molecule has 2 unspecified atom stereocenters. The van der Waals surface area contributed by atoms with Crippen molar-refractivity contribution in [2.24, 2.45) is 0 Å². The number of hydrogen-bond donors (Lipinski definition) is 0. The molecule has 4 aromatic rings. The van der Waals surface area contributed by atoms with E-state index in [9.17, 15) is 0 Å². The molecule has 0 saturated carbocycles. The molecular weight excluding hydrogens is 643 g/mol. The van der Waals surface area contributed by atoms with Crippen LogP contribution >= 0.6 is 0 Å². The number of fused-ring (bicyclic) bond motifs is 2. The van der Waals surface area contributed by atoms with Crippen LogP contribution in [0, 0.1) is 41.5 Å². The number of benzene rings is 4. The number of aryl methyl sites for hydroxylation is 4. The van der Waals surface area contributed by atoms with E-state index in [4.69, 9.17) is 0 Å². The second-order valence-corrected chi connectivity index (χ2v) is 24.9. The largest absolute Gasteiger partial charge is 1.00 e. The summed E-state index contributed by atoms with van der Waals surface area (Å²) in [6, 6.07) is 23.1. The minimum absolute atomic E-state index is 0. The standard InChI is InChI=1S/2C19H19.C2H4.2ClH.Zr/c2*1-12-6-5-7-16(8-12)18-11-14(3)15(4)17-9-13(2)10-19(17)18;1-2;;;/h2*5-11H,1-4H3;1-2H2;2*1H;/q;;;;;+2/p-2. The molecule has 0 nitrogen and oxygen atoms in total. The van der Waals surface area contributed by atoms with Gasteiger partial charge in [0.2, 0.25) is 0 Å². The molecule has 4 aromatic carbocycles. The van der Waals surface area contributed by atoms with Crippen LogP contribution in [0.3, 0.4) is 0 Å². The minimum Gasteiger partial charge on any atom is -1.00 e. The summed E-state index contributed by atoms with van der Waals surface area (Å²) < 4.78 is 4.34. The van der Waals surface area contributed by atoms with Crippen molar-refractivity contribution in [3.05, 3.63) is 127 Å². The fraction of sp³-hybridized carbons (Fsp3) is 0.300. The summed E-state index contributed by atoms with van der Waals surface area (Å²) in [5, 5.41) is 0. The Morgan fingerprint density at radius 1 is 0.535 bits per heavy atom. The summed E-state index contributed by atoms with van der Waals surface area (Å²) in [5.74, 6) is 0. The van der Waals surface area contributed by atoms with E-state index in [1.54, 1.807) is 33.4 Å². The Labute approximate surface area is 275 Å². The van der Waals surface area contributed by atoms with Crippen LogP contribution in [-0.4, -0.2) is 0 Å². The van der Waals surface area contributed by atoms with Crippen LogP contribution in [-0.2, 0) is 20.3 Å². The van der Waals surface area contributed by atoms with Crippen LogP contribution in [0.2, 0.25) is 8.26 Å². The molecule has 0 aromatic heterocycles. The first kappa shape index (κ1) is 32.2. The Morgan fingerprint density at radius 3 is 1.28 bits per heavy atom. The summed E-state index contributed by atoms with van der Waals surface area (Å²) in [5.41, 5.74) is 23.9. The topological polar surface area (TPSA) is 0 Å². The molecule has 220 valence electrons. The third-order valence-corrected chi connectivity index (χ3v) is 24.1.